The molecular formula is C16H26N2O. The molecule has 19 heavy (non-hydrogen) atoms. The highest BCUT2D eigenvalue weighted by Crippen LogP contribution is 2.21. The van der Waals surface area contributed by atoms with Gasteiger partial charge in [0.15, 0.2) is 0 Å². The summed E-state index contributed by atoms with van der Waals surface area (Å²) in [5, 5.41) is 12.5. The van der Waals surface area contributed by atoms with Gasteiger partial charge in [-0.2, -0.15) is 0 Å². The fraction of sp³-hybridized carbons (Fsp3) is 0.625. The number of aliphatic hydroxyl groups is 1. The zero-order valence-corrected chi connectivity index (χ0v) is 12.1. The lowest BCUT2D eigenvalue weighted by molar-refractivity contribution is 0.197. The van der Waals surface area contributed by atoms with Crippen LogP contribution in [0, 0.1) is 5.92 Å². The van der Waals surface area contributed by atoms with Gasteiger partial charge >= 0.3 is 0 Å². The normalized spacial score (nSPS) is 22.2. The van der Waals surface area contributed by atoms with Crippen LogP contribution in [0.2, 0.25) is 0 Å². The second kappa shape index (κ2) is 6.92. The van der Waals surface area contributed by atoms with Gasteiger partial charge in [-0.3, -0.25) is 0 Å². The molecule has 3 nitrogen and oxygen atoms in total. The highest BCUT2D eigenvalue weighted by molar-refractivity contribution is 5.45. The lowest BCUT2D eigenvalue weighted by atomic mass is 9.91. The van der Waals surface area contributed by atoms with Crippen LogP contribution in [0.25, 0.3) is 0 Å². The SMILES string of the molecule is CC(Nc1ccc(CCO)cc1)C1CCCN(C)C1. The lowest BCUT2D eigenvalue weighted by Crippen LogP contribution is -2.39. The van der Waals surface area contributed by atoms with Crippen molar-refractivity contribution in [2.45, 2.75) is 32.2 Å². The van der Waals surface area contributed by atoms with Crippen LogP contribution >= 0.6 is 0 Å². The third-order valence-electron chi connectivity index (χ3n) is 4.12. The number of nitrogens with one attached hydrogen (secondary N) is 1. The molecule has 1 aliphatic heterocycles. The summed E-state index contributed by atoms with van der Waals surface area (Å²) in [7, 11) is 2.21. The molecule has 2 atom stereocenters. The number of likely N-dealkylation sites (tertiary alicyclic amines) is 1. The predicted octanol–water partition coefficient (Wildman–Crippen LogP) is 2.36. The van der Waals surface area contributed by atoms with Crippen molar-refractivity contribution in [2.24, 2.45) is 5.92 Å². The minimum Gasteiger partial charge on any atom is -0.396 e. The van der Waals surface area contributed by atoms with Gasteiger partial charge < -0.3 is 15.3 Å². The molecule has 0 amide bonds. The van der Waals surface area contributed by atoms with Gasteiger partial charge in [-0.1, -0.05) is 12.1 Å². The Balaban J connectivity index is 1.88. The Labute approximate surface area is 116 Å². The summed E-state index contributed by atoms with van der Waals surface area (Å²) in [6.45, 7) is 4.93. The van der Waals surface area contributed by atoms with Crippen LogP contribution in [0.15, 0.2) is 24.3 Å². The van der Waals surface area contributed by atoms with Gasteiger partial charge in [-0.25, -0.2) is 0 Å². The van der Waals surface area contributed by atoms with Gasteiger partial charge in [0.05, 0.1) is 0 Å². The van der Waals surface area contributed by atoms with E-state index in [4.69, 9.17) is 5.11 Å². The van der Waals surface area contributed by atoms with Gasteiger partial charge in [-0.15, -0.1) is 0 Å². The Kier molecular flexibility index (Phi) is 5.23. The zero-order valence-electron chi connectivity index (χ0n) is 12.1. The molecule has 0 aromatic heterocycles. The van der Waals surface area contributed by atoms with E-state index in [1.165, 1.54) is 37.2 Å². The van der Waals surface area contributed by atoms with Crippen molar-refractivity contribution in [1.29, 1.82) is 0 Å². The molecule has 1 aliphatic rings. The largest absolute Gasteiger partial charge is 0.396 e. The predicted molar refractivity (Wildman–Crippen MR) is 80.5 cm³/mol. The Morgan fingerprint density at radius 2 is 2.11 bits per heavy atom. The number of nitrogens with zero attached hydrogens (tertiary/aromatic N) is 1. The second-order valence-electron chi connectivity index (χ2n) is 5.77. The van der Waals surface area contributed by atoms with Crippen LogP contribution < -0.4 is 5.32 Å². The van der Waals surface area contributed by atoms with Gasteiger partial charge in [-0.05, 0) is 63.4 Å². The maximum Gasteiger partial charge on any atom is 0.0471 e. The average Bonchev–Trinajstić information content (AvgIpc) is 2.41. The number of benzene rings is 1. The second-order valence-corrected chi connectivity index (χ2v) is 5.77. The van der Waals surface area contributed by atoms with Crippen molar-refractivity contribution >= 4 is 5.69 Å². The van der Waals surface area contributed by atoms with E-state index in [1.807, 2.05) is 0 Å². The Morgan fingerprint density at radius 3 is 2.74 bits per heavy atom. The summed E-state index contributed by atoms with van der Waals surface area (Å²) >= 11 is 0. The van der Waals surface area contributed by atoms with Gasteiger partial charge in [0.25, 0.3) is 0 Å². The van der Waals surface area contributed by atoms with E-state index in [9.17, 15) is 0 Å². The third-order valence-corrected chi connectivity index (χ3v) is 4.12. The first-order valence-corrected chi connectivity index (χ1v) is 7.34. The van der Waals surface area contributed by atoms with E-state index in [2.05, 4.69) is 48.5 Å². The van der Waals surface area contributed by atoms with Crippen molar-refractivity contribution in [1.82, 2.24) is 4.90 Å². The maximum atomic E-state index is 8.91. The summed E-state index contributed by atoms with van der Waals surface area (Å²) in [5.41, 5.74) is 2.38. The van der Waals surface area contributed by atoms with Crippen molar-refractivity contribution in [3.8, 4) is 0 Å². The molecule has 2 unspecified atom stereocenters. The quantitative estimate of drug-likeness (QED) is 0.855. The van der Waals surface area contributed by atoms with Gasteiger partial charge in [0.1, 0.15) is 0 Å². The monoisotopic (exact) mass is 262 g/mol. The number of hydrogen-bond acceptors (Lipinski definition) is 3. The molecule has 0 bridgehead atoms. The Morgan fingerprint density at radius 1 is 1.37 bits per heavy atom. The number of rotatable bonds is 5. The molecule has 106 valence electrons. The van der Waals surface area contributed by atoms with Crippen LogP contribution in [0.4, 0.5) is 5.69 Å². The molecule has 0 saturated carbocycles. The molecular weight excluding hydrogens is 236 g/mol. The number of aliphatic hydroxyl groups excluding tert-OH is 1. The first-order valence-electron chi connectivity index (χ1n) is 7.34. The van der Waals surface area contributed by atoms with Crippen molar-refractivity contribution < 1.29 is 5.11 Å². The van der Waals surface area contributed by atoms with Crippen molar-refractivity contribution in [3.05, 3.63) is 29.8 Å². The first-order chi connectivity index (χ1) is 9.19. The average molecular weight is 262 g/mol. The van der Waals surface area contributed by atoms with Crippen LogP contribution in [-0.4, -0.2) is 42.8 Å². The number of piperidine rings is 1. The summed E-state index contributed by atoms with van der Waals surface area (Å²) in [4.78, 5) is 2.43. The molecule has 1 aromatic rings. The molecule has 1 aromatic carbocycles. The summed E-state index contributed by atoms with van der Waals surface area (Å²) in [6.07, 6.45) is 3.37. The zero-order chi connectivity index (χ0) is 13.7. The Hall–Kier alpha value is -1.06. The number of hydrogen-bond donors (Lipinski definition) is 2. The minimum absolute atomic E-state index is 0.220. The fourth-order valence-electron chi connectivity index (χ4n) is 2.89. The van der Waals surface area contributed by atoms with Gasteiger partial charge in [0.2, 0.25) is 0 Å². The molecule has 0 aliphatic carbocycles. The van der Waals surface area contributed by atoms with E-state index < -0.39 is 0 Å². The molecule has 1 saturated heterocycles. The van der Waals surface area contributed by atoms with Gasteiger partial charge in [0, 0.05) is 24.9 Å². The molecule has 2 N–H and O–H groups in total. The van der Waals surface area contributed by atoms with E-state index in [0.717, 1.165) is 12.3 Å². The van der Waals surface area contributed by atoms with Crippen molar-refractivity contribution in [2.75, 3.05) is 32.1 Å². The molecule has 0 radical (unpaired) electrons. The van der Waals surface area contributed by atoms with Crippen LogP contribution in [0.5, 0.6) is 0 Å². The topological polar surface area (TPSA) is 35.5 Å². The van der Waals surface area contributed by atoms with E-state index in [-0.39, 0.29) is 6.61 Å². The fourth-order valence-corrected chi connectivity index (χ4v) is 2.89. The summed E-state index contributed by atoms with van der Waals surface area (Å²) in [6, 6.07) is 8.94. The summed E-state index contributed by atoms with van der Waals surface area (Å²) in [5.74, 6) is 0.732. The highest BCUT2D eigenvalue weighted by Gasteiger charge is 2.22. The van der Waals surface area contributed by atoms with E-state index in [1.54, 1.807) is 0 Å². The lowest BCUT2D eigenvalue weighted by Gasteiger charge is -2.34. The summed E-state index contributed by atoms with van der Waals surface area (Å²) < 4.78 is 0. The van der Waals surface area contributed by atoms with Crippen LogP contribution in [-0.2, 0) is 6.42 Å². The minimum atomic E-state index is 0.220. The first kappa shape index (κ1) is 14.4. The Bertz CT molecular complexity index is 377. The van der Waals surface area contributed by atoms with E-state index in [0.29, 0.717) is 6.04 Å². The molecule has 1 heterocycles. The molecule has 0 spiro atoms. The van der Waals surface area contributed by atoms with Crippen LogP contribution in [0.3, 0.4) is 0 Å². The molecule has 1 fully saturated rings. The van der Waals surface area contributed by atoms with Crippen molar-refractivity contribution in [3.63, 3.8) is 0 Å². The molecule has 3 heteroatoms. The van der Waals surface area contributed by atoms with Crippen LogP contribution in [0.1, 0.15) is 25.3 Å². The standard InChI is InChI=1S/C16H26N2O/c1-13(15-4-3-10-18(2)12-15)17-16-7-5-14(6-8-16)9-11-19/h5-8,13,15,17,19H,3-4,9-12H2,1-2H3. The highest BCUT2D eigenvalue weighted by atomic mass is 16.2. The van der Waals surface area contributed by atoms with E-state index >= 15 is 0 Å². The number of anilines is 1. The molecule has 2 rings (SSSR count). The smallest absolute Gasteiger partial charge is 0.0471 e. The third kappa shape index (κ3) is 4.22. The maximum absolute atomic E-state index is 8.91.